The van der Waals surface area contributed by atoms with Crippen molar-refractivity contribution in [1.29, 1.82) is 0 Å². The maximum absolute atomic E-state index is 6.01. The van der Waals surface area contributed by atoms with Crippen LogP contribution in [0.25, 0.3) is 0 Å². The van der Waals surface area contributed by atoms with Crippen LogP contribution in [-0.4, -0.2) is 0 Å². The number of benzene rings is 1. The van der Waals surface area contributed by atoms with Gasteiger partial charge in [-0.25, -0.2) is 0 Å². The van der Waals surface area contributed by atoms with Crippen molar-refractivity contribution >= 4 is 33.2 Å². The first kappa shape index (κ1) is 11.6. The van der Waals surface area contributed by atoms with E-state index in [1.165, 1.54) is 0 Å². The molecule has 0 aliphatic rings. The van der Waals surface area contributed by atoms with E-state index in [9.17, 15) is 0 Å². The fourth-order valence-corrected chi connectivity index (χ4v) is 1.87. The van der Waals surface area contributed by atoms with Gasteiger partial charge in [0.05, 0.1) is 17.3 Å². The van der Waals surface area contributed by atoms with E-state index >= 15 is 0 Å². The summed E-state index contributed by atoms with van der Waals surface area (Å²) in [6, 6.07) is 9.70. The highest BCUT2D eigenvalue weighted by molar-refractivity contribution is 9.10. The molecule has 0 saturated heterocycles. The first-order valence-electron chi connectivity index (χ1n) is 4.92. The van der Waals surface area contributed by atoms with Gasteiger partial charge in [0.1, 0.15) is 5.76 Å². The molecule has 0 bridgehead atoms. The molecule has 0 amide bonds. The second kappa shape index (κ2) is 4.93. The molecule has 1 aromatic heterocycles. The highest BCUT2D eigenvalue weighted by Crippen LogP contribution is 2.27. The molecule has 0 aliphatic heterocycles. The van der Waals surface area contributed by atoms with Gasteiger partial charge in [0.15, 0.2) is 0 Å². The van der Waals surface area contributed by atoms with E-state index in [4.69, 9.17) is 16.0 Å². The van der Waals surface area contributed by atoms with Crippen molar-refractivity contribution in [2.45, 2.75) is 13.0 Å². The molecule has 1 N–H and O–H groups in total. The summed E-state index contributed by atoms with van der Waals surface area (Å²) in [5.41, 5.74) is 0.970. The summed E-state index contributed by atoms with van der Waals surface area (Å²) in [6.45, 7) is 2.04. The van der Waals surface area contributed by atoms with Gasteiger partial charge in [-0.05, 0) is 53.2 Å². The molecule has 16 heavy (non-hydrogen) atoms. The quantitative estimate of drug-likeness (QED) is 0.875. The molecule has 0 fully saturated rings. The molecule has 1 unspecified atom stereocenters. The third-order valence-electron chi connectivity index (χ3n) is 2.27. The van der Waals surface area contributed by atoms with Crippen molar-refractivity contribution < 1.29 is 4.42 Å². The molecule has 4 heteroatoms. The molecule has 0 spiro atoms. The number of hydrogen-bond acceptors (Lipinski definition) is 2. The number of rotatable bonds is 3. The molecule has 0 aliphatic carbocycles. The lowest BCUT2D eigenvalue weighted by Crippen LogP contribution is -2.05. The van der Waals surface area contributed by atoms with Crippen LogP contribution in [0.4, 0.5) is 5.69 Å². The maximum atomic E-state index is 6.01. The van der Waals surface area contributed by atoms with Gasteiger partial charge in [0, 0.05) is 10.2 Å². The second-order valence-corrected chi connectivity index (χ2v) is 4.77. The van der Waals surface area contributed by atoms with Crippen molar-refractivity contribution in [3.8, 4) is 0 Å². The second-order valence-electron chi connectivity index (χ2n) is 3.51. The number of hydrogen-bond donors (Lipinski definition) is 1. The SMILES string of the molecule is CC(Nc1ccc(Br)c(Cl)c1)c1ccco1. The van der Waals surface area contributed by atoms with Crippen LogP contribution in [0.2, 0.25) is 5.02 Å². The third-order valence-corrected chi connectivity index (χ3v) is 3.51. The standard InChI is InChI=1S/C12H11BrClNO/c1-8(12-3-2-6-16-12)15-9-4-5-10(13)11(14)7-9/h2-8,15H,1H3. The molecule has 84 valence electrons. The Morgan fingerprint density at radius 2 is 2.19 bits per heavy atom. The maximum Gasteiger partial charge on any atom is 0.125 e. The molecule has 2 rings (SSSR count). The van der Waals surface area contributed by atoms with Crippen LogP contribution in [0.1, 0.15) is 18.7 Å². The normalized spacial score (nSPS) is 12.4. The molecule has 1 atom stereocenters. The predicted octanol–water partition coefficient (Wildman–Crippen LogP) is 4.87. The molecule has 2 nitrogen and oxygen atoms in total. The zero-order valence-electron chi connectivity index (χ0n) is 8.71. The largest absolute Gasteiger partial charge is 0.467 e. The van der Waals surface area contributed by atoms with Crippen LogP contribution in [0, 0.1) is 0 Å². The summed E-state index contributed by atoms with van der Waals surface area (Å²) in [7, 11) is 0. The van der Waals surface area contributed by atoms with E-state index in [0.29, 0.717) is 5.02 Å². The van der Waals surface area contributed by atoms with Crippen LogP contribution in [0.15, 0.2) is 45.5 Å². The minimum Gasteiger partial charge on any atom is -0.467 e. The summed E-state index contributed by atoms with van der Waals surface area (Å²) >= 11 is 9.37. The van der Waals surface area contributed by atoms with Crippen molar-refractivity contribution in [3.63, 3.8) is 0 Å². The summed E-state index contributed by atoms with van der Waals surface area (Å²) in [6.07, 6.45) is 1.67. The highest BCUT2D eigenvalue weighted by Gasteiger charge is 2.08. The first-order chi connectivity index (χ1) is 7.66. The number of halogens is 2. The molecule has 0 radical (unpaired) electrons. The Labute approximate surface area is 108 Å². The average molecular weight is 301 g/mol. The number of furan rings is 1. The average Bonchev–Trinajstić information content (AvgIpc) is 2.77. The van der Waals surface area contributed by atoms with Crippen LogP contribution in [0.5, 0.6) is 0 Å². The molecule has 0 saturated carbocycles. The van der Waals surface area contributed by atoms with Gasteiger partial charge < -0.3 is 9.73 Å². The summed E-state index contributed by atoms with van der Waals surface area (Å²) in [5, 5.41) is 4.00. The highest BCUT2D eigenvalue weighted by atomic mass is 79.9. The monoisotopic (exact) mass is 299 g/mol. The topological polar surface area (TPSA) is 25.2 Å². The van der Waals surface area contributed by atoms with Crippen molar-refractivity contribution in [1.82, 2.24) is 0 Å². The van der Waals surface area contributed by atoms with Crippen LogP contribution < -0.4 is 5.32 Å². The van der Waals surface area contributed by atoms with Crippen LogP contribution in [0.3, 0.4) is 0 Å². The first-order valence-corrected chi connectivity index (χ1v) is 6.09. The summed E-state index contributed by atoms with van der Waals surface area (Å²) in [5.74, 6) is 0.902. The Balaban J connectivity index is 2.12. The van der Waals surface area contributed by atoms with Crippen LogP contribution >= 0.6 is 27.5 Å². The van der Waals surface area contributed by atoms with Gasteiger partial charge in [-0.15, -0.1) is 0 Å². The molecule has 2 aromatic rings. The summed E-state index contributed by atoms with van der Waals surface area (Å²) in [4.78, 5) is 0. The van der Waals surface area contributed by atoms with Gasteiger partial charge in [-0.3, -0.25) is 0 Å². The van der Waals surface area contributed by atoms with E-state index in [2.05, 4.69) is 21.2 Å². The van der Waals surface area contributed by atoms with E-state index in [1.807, 2.05) is 37.3 Å². The van der Waals surface area contributed by atoms with Crippen molar-refractivity contribution in [3.05, 3.63) is 51.9 Å². The Hall–Kier alpha value is -0.930. The number of anilines is 1. The minimum atomic E-state index is 0.118. The van der Waals surface area contributed by atoms with Gasteiger partial charge >= 0.3 is 0 Å². The lowest BCUT2D eigenvalue weighted by molar-refractivity contribution is 0.490. The Morgan fingerprint density at radius 3 is 2.81 bits per heavy atom. The lowest BCUT2D eigenvalue weighted by Gasteiger charge is -2.13. The minimum absolute atomic E-state index is 0.118. The van der Waals surface area contributed by atoms with E-state index in [1.54, 1.807) is 6.26 Å². The lowest BCUT2D eigenvalue weighted by atomic mass is 10.2. The van der Waals surface area contributed by atoms with Crippen LogP contribution in [-0.2, 0) is 0 Å². The van der Waals surface area contributed by atoms with Gasteiger partial charge in [-0.2, -0.15) is 0 Å². The zero-order valence-corrected chi connectivity index (χ0v) is 11.0. The Bertz CT molecular complexity index is 470. The molecule has 1 aromatic carbocycles. The van der Waals surface area contributed by atoms with Gasteiger partial charge in [0.25, 0.3) is 0 Å². The van der Waals surface area contributed by atoms with E-state index in [-0.39, 0.29) is 6.04 Å². The van der Waals surface area contributed by atoms with E-state index in [0.717, 1.165) is 15.9 Å². The van der Waals surface area contributed by atoms with Gasteiger partial charge in [-0.1, -0.05) is 11.6 Å². The van der Waals surface area contributed by atoms with Gasteiger partial charge in [0.2, 0.25) is 0 Å². The predicted molar refractivity (Wildman–Crippen MR) is 69.9 cm³/mol. The van der Waals surface area contributed by atoms with Crippen molar-refractivity contribution in [2.24, 2.45) is 0 Å². The molecular weight excluding hydrogens is 289 g/mol. The third kappa shape index (κ3) is 2.60. The molecule has 1 heterocycles. The van der Waals surface area contributed by atoms with Crippen molar-refractivity contribution in [2.75, 3.05) is 5.32 Å². The smallest absolute Gasteiger partial charge is 0.125 e. The fourth-order valence-electron chi connectivity index (χ4n) is 1.44. The number of nitrogens with one attached hydrogen (secondary N) is 1. The fraction of sp³-hybridized carbons (Fsp3) is 0.167. The Morgan fingerprint density at radius 1 is 1.38 bits per heavy atom. The van der Waals surface area contributed by atoms with E-state index < -0.39 is 0 Å². The zero-order chi connectivity index (χ0) is 11.5. The molecular formula is C12H11BrClNO. The Kier molecular flexibility index (Phi) is 3.56. The summed E-state index contributed by atoms with van der Waals surface area (Å²) < 4.78 is 6.21.